The number of carbonyl (C=O) groups excluding carboxylic acids is 2. The SMILES string of the molecule is O=C1CN(C(=O)C2CCCCC2)c2ccncc2N1. The standard InChI is InChI=1S/C14H17N3O2/c18-13-9-17(12-6-7-15-8-11(12)16-13)14(19)10-4-2-1-3-5-10/h6-8,10H,1-5,9H2,(H,16,18). The van der Waals surface area contributed by atoms with Gasteiger partial charge in [0.1, 0.15) is 6.54 Å². The van der Waals surface area contributed by atoms with E-state index < -0.39 is 0 Å². The first-order valence-corrected chi connectivity index (χ1v) is 6.81. The maximum absolute atomic E-state index is 12.6. The molecule has 1 fully saturated rings. The van der Waals surface area contributed by atoms with Gasteiger partial charge in [0.25, 0.3) is 0 Å². The highest BCUT2D eigenvalue weighted by atomic mass is 16.2. The van der Waals surface area contributed by atoms with Gasteiger partial charge < -0.3 is 10.2 Å². The van der Waals surface area contributed by atoms with Gasteiger partial charge in [-0.15, -0.1) is 0 Å². The largest absolute Gasteiger partial charge is 0.321 e. The van der Waals surface area contributed by atoms with Crippen LogP contribution < -0.4 is 10.2 Å². The van der Waals surface area contributed by atoms with Crippen LogP contribution in [0.4, 0.5) is 11.4 Å². The molecule has 2 amide bonds. The van der Waals surface area contributed by atoms with Crippen molar-refractivity contribution in [2.45, 2.75) is 32.1 Å². The van der Waals surface area contributed by atoms with Crippen LogP contribution in [0.15, 0.2) is 18.5 Å². The minimum atomic E-state index is -0.148. The Morgan fingerprint density at radius 3 is 2.89 bits per heavy atom. The number of hydrogen-bond acceptors (Lipinski definition) is 3. The molecule has 2 heterocycles. The molecule has 5 heteroatoms. The second kappa shape index (κ2) is 4.99. The second-order valence-corrected chi connectivity index (χ2v) is 5.20. The maximum atomic E-state index is 12.6. The van der Waals surface area contributed by atoms with Gasteiger partial charge in [0.15, 0.2) is 0 Å². The molecular weight excluding hydrogens is 242 g/mol. The summed E-state index contributed by atoms with van der Waals surface area (Å²) in [6.07, 6.45) is 8.56. The monoisotopic (exact) mass is 259 g/mol. The fourth-order valence-electron chi connectivity index (χ4n) is 2.90. The first-order chi connectivity index (χ1) is 9.25. The van der Waals surface area contributed by atoms with Gasteiger partial charge in [-0.05, 0) is 18.9 Å². The zero-order valence-corrected chi connectivity index (χ0v) is 10.8. The van der Waals surface area contributed by atoms with Crippen molar-refractivity contribution in [3.8, 4) is 0 Å². The summed E-state index contributed by atoms with van der Waals surface area (Å²) in [4.78, 5) is 29.9. The lowest BCUT2D eigenvalue weighted by molar-refractivity contribution is -0.125. The molecule has 1 aliphatic carbocycles. The molecule has 1 saturated carbocycles. The van der Waals surface area contributed by atoms with Crippen LogP contribution in [-0.4, -0.2) is 23.3 Å². The average molecular weight is 259 g/mol. The number of rotatable bonds is 1. The van der Waals surface area contributed by atoms with Crippen LogP contribution in [-0.2, 0) is 9.59 Å². The molecule has 0 spiro atoms. The summed E-state index contributed by atoms with van der Waals surface area (Å²) >= 11 is 0. The second-order valence-electron chi connectivity index (χ2n) is 5.20. The molecule has 0 radical (unpaired) electrons. The zero-order chi connectivity index (χ0) is 13.2. The van der Waals surface area contributed by atoms with Crippen LogP contribution in [0, 0.1) is 5.92 Å². The van der Waals surface area contributed by atoms with Gasteiger partial charge in [-0.3, -0.25) is 14.6 Å². The van der Waals surface area contributed by atoms with Crippen molar-refractivity contribution in [2.75, 3.05) is 16.8 Å². The molecule has 19 heavy (non-hydrogen) atoms. The Labute approximate surface area is 112 Å². The van der Waals surface area contributed by atoms with E-state index in [2.05, 4.69) is 10.3 Å². The van der Waals surface area contributed by atoms with Crippen molar-refractivity contribution in [2.24, 2.45) is 5.92 Å². The maximum Gasteiger partial charge on any atom is 0.244 e. The van der Waals surface area contributed by atoms with Crippen LogP contribution in [0.3, 0.4) is 0 Å². The lowest BCUT2D eigenvalue weighted by Gasteiger charge is -2.32. The molecule has 1 N–H and O–H groups in total. The Morgan fingerprint density at radius 2 is 2.11 bits per heavy atom. The van der Waals surface area contributed by atoms with Gasteiger partial charge in [-0.1, -0.05) is 19.3 Å². The van der Waals surface area contributed by atoms with Crippen LogP contribution in [0.1, 0.15) is 32.1 Å². The Balaban J connectivity index is 1.87. The molecule has 2 aliphatic rings. The smallest absolute Gasteiger partial charge is 0.244 e. The van der Waals surface area contributed by atoms with Crippen molar-refractivity contribution in [3.63, 3.8) is 0 Å². The van der Waals surface area contributed by atoms with Crippen molar-refractivity contribution in [3.05, 3.63) is 18.5 Å². The van der Waals surface area contributed by atoms with Gasteiger partial charge in [0.2, 0.25) is 11.8 Å². The fraction of sp³-hybridized carbons (Fsp3) is 0.500. The number of hydrogen-bond donors (Lipinski definition) is 1. The topological polar surface area (TPSA) is 62.3 Å². The Kier molecular flexibility index (Phi) is 3.19. The summed E-state index contributed by atoms with van der Waals surface area (Å²) < 4.78 is 0. The molecule has 5 nitrogen and oxygen atoms in total. The van der Waals surface area contributed by atoms with Gasteiger partial charge >= 0.3 is 0 Å². The van der Waals surface area contributed by atoms with Gasteiger partial charge in [-0.2, -0.15) is 0 Å². The summed E-state index contributed by atoms with van der Waals surface area (Å²) in [7, 11) is 0. The molecular formula is C14H17N3O2. The highest BCUT2D eigenvalue weighted by molar-refractivity contribution is 6.10. The van der Waals surface area contributed by atoms with Gasteiger partial charge in [0, 0.05) is 12.1 Å². The number of nitrogens with one attached hydrogen (secondary N) is 1. The van der Waals surface area contributed by atoms with E-state index in [0.29, 0.717) is 5.69 Å². The van der Waals surface area contributed by atoms with E-state index in [4.69, 9.17) is 0 Å². The third-order valence-electron chi connectivity index (χ3n) is 3.89. The lowest BCUT2D eigenvalue weighted by Crippen LogP contribution is -2.45. The minimum absolute atomic E-state index is 0.0701. The summed E-state index contributed by atoms with van der Waals surface area (Å²) in [5, 5.41) is 2.75. The number of carbonyl (C=O) groups is 2. The molecule has 0 aromatic carbocycles. The Bertz CT molecular complexity index is 509. The van der Waals surface area contributed by atoms with E-state index >= 15 is 0 Å². The van der Waals surface area contributed by atoms with Crippen molar-refractivity contribution in [1.29, 1.82) is 0 Å². The molecule has 0 bridgehead atoms. The first kappa shape index (κ1) is 12.1. The summed E-state index contributed by atoms with van der Waals surface area (Å²) in [6, 6.07) is 1.79. The average Bonchev–Trinajstić information content (AvgIpc) is 2.46. The van der Waals surface area contributed by atoms with Gasteiger partial charge in [0.05, 0.1) is 17.6 Å². The van der Waals surface area contributed by atoms with Crippen LogP contribution in [0.2, 0.25) is 0 Å². The Hall–Kier alpha value is -1.91. The van der Waals surface area contributed by atoms with Crippen molar-refractivity contribution >= 4 is 23.2 Å². The highest BCUT2D eigenvalue weighted by Crippen LogP contribution is 2.32. The fourth-order valence-corrected chi connectivity index (χ4v) is 2.90. The summed E-state index contributed by atoms with van der Waals surface area (Å²) in [5.41, 5.74) is 1.40. The van der Waals surface area contributed by atoms with E-state index in [1.165, 1.54) is 6.42 Å². The lowest BCUT2D eigenvalue weighted by atomic mass is 9.88. The van der Waals surface area contributed by atoms with Gasteiger partial charge in [-0.25, -0.2) is 0 Å². The third kappa shape index (κ3) is 2.32. The number of fused-ring (bicyclic) bond motifs is 1. The molecule has 1 aromatic heterocycles. The van der Waals surface area contributed by atoms with Crippen LogP contribution >= 0.6 is 0 Å². The molecule has 1 aromatic rings. The highest BCUT2D eigenvalue weighted by Gasteiger charge is 2.32. The number of anilines is 2. The van der Waals surface area contributed by atoms with Crippen LogP contribution in [0.25, 0.3) is 0 Å². The quantitative estimate of drug-likeness (QED) is 0.838. The molecule has 0 atom stereocenters. The predicted molar refractivity (Wildman–Crippen MR) is 71.8 cm³/mol. The van der Waals surface area contributed by atoms with E-state index in [-0.39, 0.29) is 24.3 Å². The van der Waals surface area contributed by atoms with E-state index in [0.717, 1.165) is 31.4 Å². The molecule has 100 valence electrons. The zero-order valence-electron chi connectivity index (χ0n) is 10.8. The summed E-state index contributed by atoms with van der Waals surface area (Å²) in [5.74, 6) is 0.00678. The molecule has 0 unspecified atom stereocenters. The third-order valence-corrected chi connectivity index (χ3v) is 3.89. The molecule has 1 aliphatic heterocycles. The number of amides is 2. The van der Waals surface area contributed by atoms with E-state index in [1.807, 2.05) is 0 Å². The Morgan fingerprint density at radius 1 is 1.32 bits per heavy atom. The van der Waals surface area contributed by atoms with Crippen molar-refractivity contribution < 1.29 is 9.59 Å². The number of aromatic nitrogens is 1. The normalized spacial score (nSPS) is 19.8. The predicted octanol–water partition coefficient (Wildman–Crippen LogP) is 1.95. The minimum Gasteiger partial charge on any atom is -0.321 e. The molecule has 0 saturated heterocycles. The number of pyridine rings is 1. The van der Waals surface area contributed by atoms with Crippen LogP contribution in [0.5, 0.6) is 0 Å². The van der Waals surface area contributed by atoms with E-state index in [1.54, 1.807) is 23.4 Å². The van der Waals surface area contributed by atoms with E-state index in [9.17, 15) is 9.59 Å². The number of nitrogens with zero attached hydrogens (tertiary/aromatic N) is 2. The summed E-state index contributed by atoms with van der Waals surface area (Å²) in [6.45, 7) is 0.117. The molecule has 3 rings (SSSR count). The van der Waals surface area contributed by atoms with Crippen molar-refractivity contribution in [1.82, 2.24) is 4.98 Å². The first-order valence-electron chi connectivity index (χ1n) is 6.81.